The van der Waals surface area contributed by atoms with E-state index in [4.69, 9.17) is 11.6 Å². The summed E-state index contributed by atoms with van der Waals surface area (Å²) in [5.74, 6) is 0.982. The van der Waals surface area contributed by atoms with E-state index in [2.05, 4.69) is 15.5 Å². The molecule has 1 aromatic rings. The predicted octanol–water partition coefficient (Wildman–Crippen LogP) is 2.73. The van der Waals surface area contributed by atoms with Crippen LogP contribution in [-0.2, 0) is 0 Å². The molecule has 15 heavy (non-hydrogen) atoms. The molecule has 3 nitrogen and oxygen atoms in total. The number of nitrogens with zero attached hydrogens (tertiary/aromatic N) is 2. The second-order valence-electron chi connectivity index (χ2n) is 4.76. The lowest BCUT2D eigenvalue weighted by atomic mass is 10.0. The zero-order valence-electron chi connectivity index (χ0n) is 8.54. The van der Waals surface area contributed by atoms with Gasteiger partial charge in [-0.2, -0.15) is 5.10 Å². The van der Waals surface area contributed by atoms with Crippen molar-refractivity contribution in [2.75, 3.05) is 11.9 Å². The van der Waals surface area contributed by atoms with Crippen LogP contribution in [0.4, 0.5) is 5.69 Å². The van der Waals surface area contributed by atoms with Crippen molar-refractivity contribution < 1.29 is 0 Å². The smallest absolute Gasteiger partial charge is 0.153 e. The van der Waals surface area contributed by atoms with E-state index in [9.17, 15) is 0 Å². The maximum Gasteiger partial charge on any atom is 0.153 e. The Morgan fingerprint density at radius 3 is 2.87 bits per heavy atom. The highest BCUT2D eigenvalue weighted by Gasteiger charge is 2.53. The molecule has 1 aromatic heterocycles. The minimum atomic E-state index is 0.455. The highest BCUT2D eigenvalue weighted by Crippen LogP contribution is 2.61. The first-order chi connectivity index (χ1) is 7.28. The van der Waals surface area contributed by atoms with Gasteiger partial charge in [0.25, 0.3) is 0 Å². The number of nitrogens with one attached hydrogen (secondary N) is 1. The van der Waals surface area contributed by atoms with Gasteiger partial charge in [0, 0.05) is 12.6 Å². The zero-order valence-corrected chi connectivity index (χ0v) is 9.30. The molecule has 1 N–H and O–H groups in total. The highest BCUT2D eigenvalue weighted by atomic mass is 35.5. The molecule has 80 valence electrons. The van der Waals surface area contributed by atoms with Gasteiger partial charge in [0.15, 0.2) is 5.15 Å². The fourth-order valence-corrected chi connectivity index (χ4v) is 2.46. The fraction of sp³-hybridized carbons (Fsp3) is 0.636. The Balaban J connectivity index is 1.61. The average Bonchev–Trinajstić information content (AvgIpc) is 3.08. The number of hydrogen-bond acceptors (Lipinski definition) is 3. The summed E-state index contributed by atoms with van der Waals surface area (Å²) in [6, 6.07) is 1.83. The number of anilines is 1. The molecule has 2 aliphatic carbocycles. The van der Waals surface area contributed by atoms with Crippen LogP contribution in [0.3, 0.4) is 0 Å². The molecule has 0 aliphatic heterocycles. The Kier molecular flexibility index (Phi) is 2.09. The lowest BCUT2D eigenvalue weighted by Crippen LogP contribution is -2.17. The summed E-state index contributed by atoms with van der Waals surface area (Å²) in [5.41, 5.74) is 1.59. The second kappa shape index (κ2) is 3.34. The minimum absolute atomic E-state index is 0.455. The van der Waals surface area contributed by atoms with Crippen LogP contribution >= 0.6 is 11.6 Å². The van der Waals surface area contributed by atoms with Crippen molar-refractivity contribution in [3.8, 4) is 0 Å². The molecule has 0 unspecified atom stereocenters. The lowest BCUT2D eigenvalue weighted by molar-refractivity contribution is 0.467. The van der Waals surface area contributed by atoms with Gasteiger partial charge >= 0.3 is 0 Å². The first kappa shape index (κ1) is 9.40. The van der Waals surface area contributed by atoms with Crippen molar-refractivity contribution in [2.45, 2.75) is 25.7 Å². The van der Waals surface area contributed by atoms with E-state index in [0.717, 1.165) is 18.2 Å². The van der Waals surface area contributed by atoms with Crippen molar-refractivity contribution in [3.05, 3.63) is 17.4 Å². The molecule has 0 aromatic carbocycles. The van der Waals surface area contributed by atoms with E-state index in [0.29, 0.717) is 10.6 Å². The average molecular weight is 224 g/mol. The van der Waals surface area contributed by atoms with E-state index in [-0.39, 0.29) is 0 Å². The van der Waals surface area contributed by atoms with Crippen LogP contribution in [0, 0.1) is 11.3 Å². The third kappa shape index (κ3) is 1.93. The first-order valence-electron chi connectivity index (χ1n) is 5.51. The quantitative estimate of drug-likeness (QED) is 0.853. The molecule has 1 heterocycles. The highest BCUT2D eigenvalue weighted by molar-refractivity contribution is 6.29. The van der Waals surface area contributed by atoms with Crippen molar-refractivity contribution in [3.63, 3.8) is 0 Å². The summed E-state index contributed by atoms with van der Waals surface area (Å²) >= 11 is 5.77. The van der Waals surface area contributed by atoms with Gasteiger partial charge in [-0.25, -0.2) is 0 Å². The summed E-state index contributed by atoms with van der Waals surface area (Å²) in [6.45, 7) is 1.07. The molecule has 0 atom stereocenters. The third-order valence-corrected chi connectivity index (χ3v) is 3.79. The van der Waals surface area contributed by atoms with Crippen LogP contribution in [-0.4, -0.2) is 16.7 Å². The monoisotopic (exact) mass is 223 g/mol. The van der Waals surface area contributed by atoms with Gasteiger partial charge in [0.1, 0.15) is 0 Å². The number of aromatic nitrogens is 2. The third-order valence-electron chi connectivity index (χ3n) is 3.60. The summed E-state index contributed by atoms with van der Waals surface area (Å²) in [4.78, 5) is 0. The molecule has 4 heteroatoms. The Morgan fingerprint density at radius 1 is 1.47 bits per heavy atom. The molecule has 3 rings (SSSR count). The van der Waals surface area contributed by atoms with Gasteiger partial charge in [0.2, 0.25) is 0 Å². The van der Waals surface area contributed by atoms with Crippen molar-refractivity contribution in [1.82, 2.24) is 10.2 Å². The van der Waals surface area contributed by atoms with Crippen LogP contribution in [0.2, 0.25) is 5.15 Å². The molecule has 0 bridgehead atoms. The van der Waals surface area contributed by atoms with Crippen LogP contribution in [0.25, 0.3) is 0 Å². The number of halogens is 1. The molecule has 0 saturated heterocycles. The van der Waals surface area contributed by atoms with Crippen LogP contribution in [0.5, 0.6) is 0 Å². The molecule has 2 saturated carbocycles. The Morgan fingerprint density at radius 2 is 2.27 bits per heavy atom. The Bertz CT molecular complexity index is 372. The maximum atomic E-state index is 5.77. The maximum absolute atomic E-state index is 5.77. The zero-order chi connectivity index (χ0) is 10.3. The topological polar surface area (TPSA) is 37.8 Å². The second-order valence-corrected chi connectivity index (χ2v) is 5.14. The van der Waals surface area contributed by atoms with Gasteiger partial charge in [-0.3, -0.25) is 0 Å². The molecule has 0 radical (unpaired) electrons. The molecular weight excluding hydrogens is 210 g/mol. The normalized spacial score (nSPS) is 22.5. The van der Waals surface area contributed by atoms with Crippen LogP contribution in [0.15, 0.2) is 12.3 Å². The van der Waals surface area contributed by atoms with Crippen molar-refractivity contribution >= 4 is 17.3 Å². The van der Waals surface area contributed by atoms with Crippen molar-refractivity contribution in [1.29, 1.82) is 0 Å². The minimum Gasteiger partial charge on any atom is -0.383 e. The van der Waals surface area contributed by atoms with E-state index in [1.807, 2.05) is 6.07 Å². The van der Waals surface area contributed by atoms with E-state index in [1.54, 1.807) is 6.20 Å². The molecule has 0 spiro atoms. The largest absolute Gasteiger partial charge is 0.383 e. The number of rotatable bonds is 4. The fourth-order valence-electron chi connectivity index (χ4n) is 2.30. The summed E-state index contributed by atoms with van der Waals surface area (Å²) < 4.78 is 0. The van der Waals surface area contributed by atoms with Crippen molar-refractivity contribution in [2.24, 2.45) is 11.3 Å². The van der Waals surface area contributed by atoms with Gasteiger partial charge in [-0.15, -0.1) is 5.10 Å². The summed E-state index contributed by atoms with van der Waals surface area (Å²) in [7, 11) is 0. The standard InChI is InChI=1S/C11H14ClN3/c12-10-5-9(6-14-15-10)13-7-11(3-4-11)8-1-2-8/h5-6,8H,1-4,7H2,(H,13,15). The van der Waals surface area contributed by atoms with E-state index in [1.165, 1.54) is 25.7 Å². The van der Waals surface area contributed by atoms with Crippen LogP contribution < -0.4 is 5.32 Å². The predicted molar refractivity (Wildman–Crippen MR) is 59.9 cm³/mol. The Labute approximate surface area is 94.2 Å². The van der Waals surface area contributed by atoms with Gasteiger partial charge in [-0.05, 0) is 37.0 Å². The van der Waals surface area contributed by atoms with Gasteiger partial charge in [0.05, 0.1) is 11.9 Å². The molecule has 2 fully saturated rings. The van der Waals surface area contributed by atoms with Gasteiger partial charge in [-0.1, -0.05) is 11.6 Å². The molecule has 2 aliphatic rings. The number of hydrogen-bond donors (Lipinski definition) is 1. The van der Waals surface area contributed by atoms with E-state index >= 15 is 0 Å². The Hall–Kier alpha value is -0.830. The molecule has 0 amide bonds. The first-order valence-corrected chi connectivity index (χ1v) is 5.88. The lowest BCUT2D eigenvalue weighted by Gasteiger charge is -2.15. The summed E-state index contributed by atoms with van der Waals surface area (Å²) in [6.07, 6.45) is 7.36. The van der Waals surface area contributed by atoms with E-state index < -0.39 is 0 Å². The summed E-state index contributed by atoms with van der Waals surface area (Å²) in [5, 5.41) is 11.4. The van der Waals surface area contributed by atoms with Crippen LogP contribution in [0.1, 0.15) is 25.7 Å². The van der Waals surface area contributed by atoms with Gasteiger partial charge < -0.3 is 5.32 Å². The molecular formula is C11H14ClN3. The SMILES string of the molecule is Clc1cc(NCC2(C3CC3)CC2)cnn1.